The topological polar surface area (TPSA) is 53.6 Å². The second-order valence-electron chi connectivity index (χ2n) is 4.03. The monoisotopic (exact) mass is 240 g/mol. The highest BCUT2D eigenvalue weighted by atomic mass is 15.0. The van der Waals surface area contributed by atoms with Gasteiger partial charge >= 0.3 is 0 Å². The summed E-state index contributed by atoms with van der Waals surface area (Å²) in [5.74, 6) is 0. The smallest absolute Gasteiger partial charge is 0.145 e. The van der Waals surface area contributed by atoms with Crippen LogP contribution in [0, 0.1) is 11.3 Å². The van der Waals surface area contributed by atoms with Crippen LogP contribution in [-0.4, -0.2) is 16.1 Å². The van der Waals surface area contributed by atoms with Crippen molar-refractivity contribution in [2.45, 2.75) is 20.0 Å². The number of nitrogens with zero attached hydrogens (tertiary/aromatic N) is 3. The average molecular weight is 240 g/mol. The predicted octanol–water partition coefficient (Wildman–Crippen LogP) is 1.91. The van der Waals surface area contributed by atoms with Gasteiger partial charge in [0.25, 0.3) is 0 Å². The van der Waals surface area contributed by atoms with Crippen LogP contribution in [0.1, 0.15) is 23.9 Å². The molecule has 18 heavy (non-hydrogen) atoms. The van der Waals surface area contributed by atoms with E-state index in [1.807, 2.05) is 24.4 Å². The van der Waals surface area contributed by atoms with E-state index < -0.39 is 0 Å². The maximum absolute atomic E-state index is 9.02. The molecular formula is C14H16N4. The minimum atomic E-state index is 0.501. The van der Waals surface area contributed by atoms with E-state index in [2.05, 4.69) is 33.9 Å². The van der Waals surface area contributed by atoms with Gasteiger partial charge in [-0.05, 0) is 24.7 Å². The Morgan fingerprint density at radius 1 is 1.39 bits per heavy atom. The first-order valence-corrected chi connectivity index (χ1v) is 6.04. The van der Waals surface area contributed by atoms with Gasteiger partial charge in [-0.25, -0.2) is 4.98 Å². The molecule has 0 aliphatic heterocycles. The molecule has 0 fully saturated rings. The van der Waals surface area contributed by atoms with Gasteiger partial charge in [-0.2, -0.15) is 5.26 Å². The van der Waals surface area contributed by atoms with Crippen molar-refractivity contribution < 1.29 is 0 Å². The van der Waals surface area contributed by atoms with Crippen LogP contribution in [-0.2, 0) is 13.1 Å². The molecule has 0 atom stereocenters. The van der Waals surface area contributed by atoms with Crippen LogP contribution in [0.4, 0.5) is 0 Å². The first kappa shape index (κ1) is 12.3. The summed E-state index contributed by atoms with van der Waals surface area (Å²) < 4.78 is 2.14. The van der Waals surface area contributed by atoms with Crippen LogP contribution >= 0.6 is 0 Å². The Hall–Kier alpha value is -2.12. The lowest BCUT2D eigenvalue weighted by Gasteiger charge is -2.10. The molecule has 4 heteroatoms. The zero-order chi connectivity index (χ0) is 12.8. The Labute approximate surface area is 107 Å². The van der Waals surface area contributed by atoms with Gasteiger partial charge in [-0.1, -0.05) is 13.0 Å². The summed E-state index contributed by atoms with van der Waals surface area (Å²) in [6, 6.07) is 10.1. The van der Waals surface area contributed by atoms with E-state index >= 15 is 0 Å². The van der Waals surface area contributed by atoms with Gasteiger partial charge in [0.05, 0.1) is 6.54 Å². The number of hydrogen-bond acceptors (Lipinski definition) is 3. The minimum Gasteiger partial charge on any atom is -0.346 e. The highest BCUT2D eigenvalue weighted by Gasteiger charge is 2.05. The van der Waals surface area contributed by atoms with Gasteiger partial charge in [-0.3, -0.25) is 0 Å². The maximum Gasteiger partial charge on any atom is 0.145 e. The number of aromatic nitrogens is 2. The minimum absolute atomic E-state index is 0.501. The van der Waals surface area contributed by atoms with Crippen molar-refractivity contribution >= 4 is 0 Å². The zero-order valence-electron chi connectivity index (χ0n) is 10.4. The van der Waals surface area contributed by atoms with Crippen molar-refractivity contribution in [1.82, 2.24) is 14.9 Å². The first-order chi connectivity index (χ1) is 8.85. The van der Waals surface area contributed by atoms with Gasteiger partial charge in [0, 0.05) is 30.2 Å². The van der Waals surface area contributed by atoms with E-state index in [0.29, 0.717) is 12.2 Å². The van der Waals surface area contributed by atoms with Crippen LogP contribution in [0.15, 0.2) is 36.7 Å². The maximum atomic E-state index is 9.02. The molecule has 2 heterocycles. The van der Waals surface area contributed by atoms with Crippen molar-refractivity contribution in [3.8, 4) is 6.07 Å². The lowest BCUT2D eigenvalue weighted by molar-refractivity contribution is 0.656. The molecule has 0 aliphatic rings. The van der Waals surface area contributed by atoms with Gasteiger partial charge in [0.1, 0.15) is 11.8 Å². The van der Waals surface area contributed by atoms with Gasteiger partial charge < -0.3 is 9.88 Å². The third kappa shape index (κ3) is 2.76. The second kappa shape index (κ2) is 5.99. The highest BCUT2D eigenvalue weighted by molar-refractivity contribution is 5.31. The average Bonchev–Trinajstić information content (AvgIpc) is 2.84. The lowest BCUT2D eigenvalue weighted by atomic mass is 10.2. The Balaban J connectivity index is 2.19. The first-order valence-electron chi connectivity index (χ1n) is 6.04. The number of nitrogens with one attached hydrogen (secondary N) is 1. The Kier molecular flexibility index (Phi) is 4.11. The van der Waals surface area contributed by atoms with E-state index in [0.717, 1.165) is 18.7 Å². The van der Waals surface area contributed by atoms with Crippen LogP contribution < -0.4 is 5.32 Å². The fourth-order valence-electron chi connectivity index (χ4n) is 1.87. The van der Waals surface area contributed by atoms with Crippen molar-refractivity contribution in [1.29, 1.82) is 5.26 Å². The van der Waals surface area contributed by atoms with Crippen LogP contribution in [0.2, 0.25) is 0 Å². The Morgan fingerprint density at radius 3 is 3.06 bits per heavy atom. The molecule has 0 amide bonds. The van der Waals surface area contributed by atoms with Crippen molar-refractivity contribution in [3.05, 3.63) is 53.6 Å². The summed E-state index contributed by atoms with van der Waals surface area (Å²) in [7, 11) is 0. The summed E-state index contributed by atoms with van der Waals surface area (Å²) in [5, 5.41) is 12.3. The van der Waals surface area contributed by atoms with Gasteiger partial charge in [0.15, 0.2) is 0 Å². The summed E-state index contributed by atoms with van der Waals surface area (Å²) in [6.07, 6.45) is 3.68. The van der Waals surface area contributed by atoms with Crippen molar-refractivity contribution in [3.63, 3.8) is 0 Å². The summed E-state index contributed by atoms with van der Waals surface area (Å²) in [5.41, 5.74) is 2.67. The molecule has 0 aromatic carbocycles. The fraction of sp³-hybridized carbons (Fsp3) is 0.286. The molecular weight excluding hydrogens is 224 g/mol. The molecule has 0 radical (unpaired) electrons. The van der Waals surface area contributed by atoms with E-state index in [9.17, 15) is 0 Å². The highest BCUT2D eigenvalue weighted by Crippen LogP contribution is 2.10. The molecule has 0 bridgehead atoms. The number of hydrogen-bond donors (Lipinski definition) is 1. The molecule has 1 N–H and O–H groups in total. The van der Waals surface area contributed by atoms with E-state index in [-0.39, 0.29) is 0 Å². The summed E-state index contributed by atoms with van der Waals surface area (Å²) in [4.78, 5) is 4.08. The molecule has 2 aromatic rings. The SMILES string of the molecule is CCNCc1cccn1Cc1cccnc1C#N. The molecule has 0 aliphatic carbocycles. The van der Waals surface area contributed by atoms with Crippen molar-refractivity contribution in [2.75, 3.05) is 6.54 Å². The third-order valence-corrected chi connectivity index (χ3v) is 2.82. The quantitative estimate of drug-likeness (QED) is 0.868. The number of pyridine rings is 1. The fourth-order valence-corrected chi connectivity index (χ4v) is 1.87. The second-order valence-corrected chi connectivity index (χ2v) is 4.03. The zero-order valence-corrected chi connectivity index (χ0v) is 10.4. The molecule has 0 saturated heterocycles. The van der Waals surface area contributed by atoms with Crippen molar-refractivity contribution in [2.24, 2.45) is 0 Å². The molecule has 92 valence electrons. The largest absolute Gasteiger partial charge is 0.346 e. The van der Waals surface area contributed by atoms with Crippen LogP contribution in [0.25, 0.3) is 0 Å². The lowest BCUT2D eigenvalue weighted by Crippen LogP contribution is -2.15. The van der Waals surface area contributed by atoms with E-state index in [4.69, 9.17) is 5.26 Å². The molecule has 0 unspecified atom stereocenters. The standard InChI is InChI=1S/C14H16N4/c1-2-16-10-13-6-4-8-18(13)11-12-5-3-7-17-14(12)9-15/h3-8,16H,2,10-11H2,1H3. The predicted molar refractivity (Wildman–Crippen MR) is 69.9 cm³/mol. The third-order valence-electron chi connectivity index (χ3n) is 2.82. The van der Waals surface area contributed by atoms with Crippen LogP contribution in [0.3, 0.4) is 0 Å². The van der Waals surface area contributed by atoms with E-state index in [1.54, 1.807) is 6.20 Å². The van der Waals surface area contributed by atoms with Gasteiger partial charge in [-0.15, -0.1) is 0 Å². The molecule has 2 rings (SSSR count). The Bertz CT molecular complexity index is 551. The molecule has 0 spiro atoms. The normalized spacial score (nSPS) is 10.2. The molecule has 0 saturated carbocycles. The summed E-state index contributed by atoms with van der Waals surface area (Å²) in [6.45, 7) is 4.56. The van der Waals surface area contributed by atoms with Crippen LogP contribution in [0.5, 0.6) is 0 Å². The van der Waals surface area contributed by atoms with E-state index in [1.165, 1.54) is 5.69 Å². The molecule has 4 nitrogen and oxygen atoms in total. The number of rotatable bonds is 5. The molecule has 2 aromatic heterocycles. The number of nitriles is 1. The summed E-state index contributed by atoms with van der Waals surface area (Å²) >= 11 is 0. The van der Waals surface area contributed by atoms with Gasteiger partial charge in [0.2, 0.25) is 0 Å². The Morgan fingerprint density at radius 2 is 2.28 bits per heavy atom.